The fourth-order valence-electron chi connectivity index (χ4n) is 2.49. The molecule has 1 heterocycles. The van der Waals surface area contributed by atoms with Gasteiger partial charge in [-0.1, -0.05) is 11.6 Å². The van der Waals surface area contributed by atoms with E-state index in [4.69, 9.17) is 26.2 Å². The largest absolute Gasteiger partial charge is 0.488 e. The molecule has 0 aliphatic carbocycles. The summed E-state index contributed by atoms with van der Waals surface area (Å²) in [7, 11) is 0. The van der Waals surface area contributed by atoms with Gasteiger partial charge in [0.25, 0.3) is 0 Å². The van der Waals surface area contributed by atoms with Crippen molar-refractivity contribution in [2.24, 2.45) is 0 Å². The maximum atomic E-state index is 9.62. The van der Waals surface area contributed by atoms with E-state index in [9.17, 15) is 5.11 Å². The Morgan fingerprint density at radius 1 is 1.46 bits per heavy atom. The number of aromatic amines is 1. The Kier molecular flexibility index (Phi) is 6.39. The first-order chi connectivity index (χ1) is 12.1. The number of benzene rings is 1. The van der Waals surface area contributed by atoms with Gasteiger partial charge in [0, 0.05) is 10.9 Å². The molecule has 7 nitrogen and oxygen atoms in total. The van der Waals surface area contributed by atoms with Gasteiger partial charge in [-0.3, -0.25) is 5.10 Å². The molecule has 4 N–H and O–H groups in total. The lowest BCUT2D eigenvalue weighted by Crippen LogP contribution is -2.27. The van der Waals surface area contributed by atoms with Crippen LogP contribution in [-0.4, -0.2) is 45.3 Å². The molecule has 0 aliphatic rings. The first-order valence-electron chi connectivity index (χ1n) is 8.34. The summed E-state index contributed by atoms with van der Waals surface area (Å²) in [6.45, 7) is 11.2. The minimum absolute atomic E-state index is 0.0641. The molecule has 0 amide bonds. The second-order valence-electron chi connectivity index (χ2n) is 7.09. The third-order valence-electron chi connectivity index (χ3n) is 3.57. The summed E-state index contributed by atoms with van der Waals surface area (Å²) in [5.74, 6) is 0.921. The molecule has 144 valence electrons. The Bertz CT molecular complexity index is 770. The lowest BCUT2D eigenvalue weighted by atomic mass is 10.0. The number of fused-ring (bicyclic) bond motifs is 1. The van der Waals surface area contributed by atoms with E-state index in [2.05, 4.69) is 22.1 Å². The number of nitrogens with zero attached hydrogens (tertiary/aromatic N) is 1. The standard InChI is InChI=1S/C18H26ClN3O4/c1-10(21-11(2)26-18(3,4)5)13-6-15(19)14-7-20-22-16(14)17(13)25-9-12(24)8-23/h6-7,10,12,21,23-24H,2,8-9H2,1,3-5H3,(H,20,22). The fourth-order valence-corrected chi connectivity index (χ4v) is 2.75. The Morgan fingerprint density at radius 3 is 2.77 bits per heavy atom. The molecule has 2 rings (SSSR count). The van der Waals surface area contributed by atoms with E-state index < -0.39 is 6.10 Å². The average molecular weight is 384 g/mol. The summed E-state index contributed by atoms with van der Waals surface area (Å²) in [4.78, 5) is 0. The van der Waals surface area contributed by atoms with Crippen LogP contribution in [0, 0.1) is 0 Å². The highest BCUT2D eigenvalue weighted by Crippen LogP contribution is 2.37. The van der Waals surface area contributed by atoms with E-state index in [0.717, 1.165) is 5.56 Å². The molecule has 0 bridgehead atoms. The van der Waals surface area contributed by atoms with Gasteiger partial charge in [0.15, 0.2) is 5.88 Å². The number of hydrogen-bond acceptors (Lipinski definition) is 6. The van der Waals surface area contributed by atoms with E-state index in [1.165, 1.54) is 0 Å². The molecule has 0 saturated carbocycles. The van der Waals surface area contributed by atoms with Gasteiger partial charge in [0.05, 0.1) is 23.9 Å². The van der Waals surface area contributed by atoms with Crippen molar-refractivity contribution in [2.45, 2.75) is 45.4 Å². The van der Waals surface area contributed by atoms with Gasteiger partial charge in [0.2, 0.25) is 0 Å². The van der Waals surface area contributed by atoms with Crippen LogP contribution in [0.25, 0.3) is 10.9 Å². The number of nitrogens with one attached hydrogen (secondary N) is 2. The van der Waals surface area contributed by atoms with Gasteiger partial charge in [-0.25, -0.2) is 0 Å². The number of aliphatic hydroxyl groups excluding tert-OH is 2. The topological polar surface area (TPSA) is 99.6 Å². The minimum Gasteiger partial charge on any atom is -0.488 e. The number of halogens is 1. The highest BCUT2D eigenvalue weighted by Gasteiger charge is 2.21. The predicted molar refractivity (Wildman–Crippen MR) is 101 cm³/mol. The van der Waals surface area contributed by atoms with E-state index in [-0.39, 0.29) is 24.9 Å². The van der Waals surface area contributed by atoms with Crippen LogP contribution in [0.15, 0.2) is 24.7 Å². The third-order valence-corrected chi connectivity index (χ3v) is 3.89. The number of rotatable bonds is 8. The van der Waals surface area contributed by atoms with Crippen LogP contribution < -0.4 is 10.1 Å². The van der Waals surface area contributed by atoms with Gasteiger partial charge in [-0.2, -0.15) is 5.10 Å². The van der Waals surface area contributed by atoms with Crippen molar-refractivity contribution in [3.63, 3.8) is 0 Å². The van der Waals surface area contributed by atoms with Crippen molar-refractivity contribution in [2.75, 3.05) is 13.2 Å². The zero-order valence-corrected chi connectivity index (χ0v) is 16.2. The summed E-state index contributed by atoms with van der Waals surface area (Å²) in [5, 5.41) is 29.9. The second-order valence-corrected chi connectivity index (χ2v) is 7.49. The van der Waals surface area contributed by atoms with Crippen molar-refractivity contribution in [1.82, 2.24) is 15.5 Å². The highest BCUT2D eigenvalue weighted by atomic mass is 35.5. The summed E-state index contributed by atoms with van der Waals surface area (Å²) >= 11 is 6.37. The maximum Gasteiger partial charge on any atom is 0.180 e. The molecular formula is C18H26ClN3O4. The molecule has 26 heavy (non-hydrogen) atoms. The zero-order chi connectivity index (χ0) is 19.5. The van der Waals surface area contributed by atoms with Gasteiger partial charge < -0.3 is 25.0 Å². The molecule has 2 unspecified atom stereocenters. The minimum atomic E-state index is -0.987. The maximum absolute atomic E-state index is 9.62. The summed E-state index contributed by atoms with van der Waals surface area (Å²) < 4.78 is 11.5. The summed E-state index contributed by atoms with van der Waals surface area (Å²) in [5.41, 5.74) is 0.989. The number of hydrogen-bond donors (Lipinski definition) is 4. The first kappa shape index (κ1) is 20.4. The van der Waals surface area contributed by atoms with Gasteiger partial charge in [-0.15, -0.1) is 0 Å². The summed E-state index contributed by atoms with van der Waals surface area (Å²) in [6.07, 6.45) is 0.621. The van der Waals surface area contributed by atoms with Crippen molar-refractivity contribution >= 4 is 22.5 Å². The van der Waals surface area contributed by atoms with E-state index >= 15 is 0 Å². The molecule has 8 heteroatoms. The lowest BCUT2D eigenvalue weighted by Gasteiger charge is -2.27. The normalized spacial score (nSPS) is 14.1. The lowest BCUT2D eigenvalue weighted by molar-refractivity contribution is 0.0385. The summed E-state index contributed by atoms with van der Waals surface area (Å²) in [6, 6.07) is 1.54. The van der Waals surface area contributed by atoms with E-state index in [1.54, 1.807) is 12.3 Å². The molecule has 0 spiro atoms. The van der Waals surface area contributed by atoms with Crippen LogP contribution in [-0.2, 0) is 4.74 Å². The van der Waals surface area contributed by atoms with Crippen LogP contribution >= 0.6 is 11.6 Å². The van der Waals surface area contributed by atoms with Gasteiger partial charge in [0.1, 0.15) is 29.6 Å². The molecule has 2 atom stereocenters. The van der Waals surface area contributed by atoms with Crippen molar-refractivity contribution < 1.29 is 19.7 Å². The van der Waals surface area contributed by atoms with Gasteiger partial charge in [-0.05, 0) is 40.3 Å². The van der Waals surface area contributed by atoms with Crippen LogP contribution in [0.3, 0.4) is 0 Å². The van der Waals surface area contributed by atoms with Crippen molar-refractivity contribution in [1.29, 1.82) is 0 Å². The Morgan fingerprint density at radius 2 is 2.15 bits per heavy atom. The molecule has 2 aromatic rings. The van der Waals surface area contributed by atoms with Crippen LogP contribution in [0.1, 0.15) is 39.3 Å². The van der Waals surface area contributed by atoms with Crippen LogP contribution in [0.4, 0.5) is 0 Å². The smallest absolute Gasteiger partial charge is 0.180 e. The fraction of sp³-hybridized carbons (Fsp3) is 0.500. The number of aliphatic hydroxyl groups is 2. The first-order valence-corrected chi connectivity index (χ1v) is 8.72. The third kappa shape index (κ3) is 5.03. The quantitative estimate of drug-likeness (QED) is 0.523. The number of aromatic nitrogens is 2. The monoisotopic (exact) mass is 383 g/mol. The van der Waals surface area contributed by atoms with E-state index in [0.29, 0.717) is 27.6 Å². The molecule has 1 aromatic carbocycles. The highest BCUT2D eigenvalue weighted by molar-refractivity contribution is 6.35. The molecule has 0 aliphatic heterocycles. The SMILES string of the molecule is C=C(NC(C)c1cc(Cl)c2cn[nH]c2c1OCC(O)CO)OC(C)(C)C. The molecular weight excluding hydrogens is 358 g/mol. The Balaban J connectivity index is 2.33. The Labute approximate surface area is 158 Å². The Hall–Kier alpha value is -1.96. The average Bonchev–Trinajstić information content (AvgIpc) is 3.01. The van der Waals surface area contributed by atoms with Crippen molar-refractivity contribution in [3.05, 3.63) is 35.3 Å². The molecule has 0 saturated heterocycles. The second kappa shape index (κ2) is 8.16. The molecule has 0 fully saturated rings. The van der Waals surface area contributed by atoms with Crippen molar-refractivity contribution in [3.8, 4) is 5.75 Å². The molecule has 0 radical (unpaired) electrons. The number of H-pyrrole nitrogens is 1. The number of ether oxygens (including phenoxy) is 2. The van der Waals surface area contributed by atoms with Crippen LogP contribution in [0.2, 0.25) is 5.02 Å². The zero-order valence-electron chi connectivity index (χ0n) is 15.5. The molecule has 1 aromatic heterocycles. The van der Waals surface area contributed by atoms with E-state index in [1.807, 2.05) is 27.7 Å². The van der Waals surface area contributed by atoms with Gasteiger partial charge >= 0.3 is 0 Å². The van der Waals surface area contributed by atoms with Crippen LogP contribution in [0.5, 0.6) is 5.75 Å². The predicted octanol–water partition coefficient (Wildman–Crippen LogP) is 2.89.